The van der Waals surface area contributed by atoms with Crippen molar-refractivity contribution in [3.05, 3.63) is 71.1 Å². The molecule has 0 amide bonds. The van der Waals surface area contributed by atoms with Gasteiger partial charge in [0, 0.05) is 11.1 Å². The van der Waals surface area contributed by atoms with Gasteiger partial charge in [-0.25, -0.2) is 0 Å². The molecule has 0 saturated heterocycles. The predicted octanol–water partition coefficient (Wildman–Crippen LogP) is 2.75. The van der Waals surface area contributed by atoms with E-state index >= 15 is 0 Å². The highest BCUT2D eigenvalue weighted by Gasteiger charge is 2.50. The van der Waals surface area contributed by atoms with Crippen molar-refractivity contribution in [2.24, 2.45) is 27.6 Å². The van der Waals surface area contributed by atoms with E-state index in [9.17, 15) is 0 Å². The maximum Gasteiger partial charge on any atom is 0.144 e. The molecular weight excluding hydrogens is 364 g/mol. The average Bonchev–Trinajstić information content (AvgIpc) is 2.72. The second kappa shape index (κ2) is 7.70. The third kappa shape index (κ3) is 3.75. The Labute approximate surface area is 172 Å². The molecule has 6 nitrogen and oxygen atoms in total. The van der Waals surface area contributed by atoms with E-state index in [1.54, 1.807) is 14.2 Å². The van der Waals surface area contributed by atoms with Crippen molar-refractivity contribution in [1.82, 2.24) is 0 Å². The molecule has 0 radical (unpaired) electrons. The van der Waals surface area contributed by atoms with Crippen LogP contribution in [0, 0.1) is 5.41 Å². The summed E-state index contributed by atoms with van der Waals surface area (Å²) >= 11 is 0. The highest BCUT2D eigenvalue weighted by Crippen LogP contribution is 2.47. The van der Waals surface area contributed by atoms with Gasteiger partial charge in [0.1, 0.15) is 17.3 Å². The summed E-state index contributed by atoms with van der Waals surface area (Å²) in [6.07, 6.45) is 1.34. The Morgan fingerprint density at radius 2 is 1.21 bits per heavy atom. The van der Waals surface area contributed by atoms with Crippen LogP contribution in [0.5, 0.6) is 11.5 Å². The molecule has 0 spiro atoms. The predicted molar refractivity (Wildman–Crippen MR) is 117 cm³/mol. The summed E-state index contributed by atoms with van der Waals surface area (Å²) in [4.78, 5) is 4.84. The Morgan fingerprint density at radius 3 is 1.66 bits per heavy atom. The van der Waals surface area contributed by atoms with Gasteiger partial charge in [0.15, 0.2) is 0 Å². The van der Waals surface area contributed by atoms with Crippen molar-refractivity contribution in [2.45, 2.75) is 32.2 Å². The molecule has 0 bridgehead atoms. The minimum atomic E-state index is -0.571. The Morgan fingerprint density at radius 1 is 0.759 bits per heavy atom. The van der Waals surface area contributed by atoms with E-state index in [1.165, 1.54) is 0 Å². The lowest BCUT2D eigenvalue weighted by molar-refractivity contribution is 0.196. The summed E-state index contributed by atoms with van der Waals surface area (Å²) in [5, 5.41) is 0. The van der Waals surface area contributed by atoms with Crippen molar-refractivity contribution in [1.29, 1.82) is 0 Å². The molecule has 2 unspecified atom stereocenters. The van der Waals surface area contributed by atoms with Crippen LogP contribution in [0.4, 0.5) is 0 Å². The standard InChI is InChI=1S/C23H30N4O2/c1-22(13-15-5-9-17(28-3)10-6-15)20(25)19(24)21(26)27-23(22,2)14-16-7-11-18(29-4)12-8-16/h5-12H,13-14,24-25H2,1-4H3,(H2,26,27). The topological polar surface area (TPSA) is 109 Å². The van der Waals surface area contributed by atoms with Crippen LogP contribution in [0.1, 0.15) is 25.0 Å². The van der Waals surface area contributed by atoms with E-state index in [4.69, 9.17) is 31.7 Å². The molecule has 154 valence electrons. The third-order valence-electron chi connectivity index (χ3n) is 6.14. The van der Waals surface area contributed by atoms with Crippen LogP contribution in [-0.2, 0) is 12.8 Å². The maximum absolute atomic E-state index is 6.58. The Kier molecular flexibility index (Phi) is 5.46. The van der Waals surface area contributed by atoms with Crippen LogP contribution in [0.15, 0.2) is 64.9 Å². The first-order valence-corrected chi connectivity index (χ1v) is 9.59. The van der Waals surface area contributed by atoms with Crippen LogP contribution in [0.3, 0.4) is 0 Å². The lowest BCUT2D eigenvalue weighted by Gasteiger charge is -2.48. The number of hydrogen-bond acceptors (Lipinski definition) is 6. The summed E-state index contributed by atoms with van der Waals surface area (Å²) in [6, 6.07) is 16.0. The Bertz CT molecular complexity index is 934. The lowest BCUT2D eigenvalue weighted by atomic mass is 9.62. The molecule has 0 fully saturated rings. The molecule has 2 atom stereocenters. The van der Waals surface area contributed by atoms with E-state index in [-0.39, 0.29) is 0 Å². The summed E-state index contributed by atoms with van der Waals surface area (Å²) in [7, 11) is 3.31. The molecule has 2 aromatic rings. The first-order valence-electron chi connectivity index (χ1n) is 9.59. The highest BCUT2D eigenvalue weighted by molar-refractivity contribution is 5.98. The fraction of sp³-hybridized carbons (Fsp3) is 0.348. The summed E-state index contributed by atoms with van der Waals surface area (Å²) in [6.45, 7) is 4.20. The number of methoxy groups -OCH3 is 2. The van der Waals surface area contributed by atoms with Gasteiger partial charge in [-0.1, -0.05) is 31.2 Å². The van der Waals surface area contributed by atoms with Gasteiger partial charge in [0.2, 0.25) is 0 Å². The number of dihydropyridines is 1. The van der Waals surface area contributed by atoms with E-state index in [0.717, 1.165) is 22.6 Å². The van der Waals surface area contributed by atoms with Gasteiger partial charge >= 0.3 is 0 Å². The third-order valence-corrected chi connectivity index (χ3v) is 6.14. The SMILES string of the molecule is COc1ccc(CC2(C)N=C(N)C(N)=C(N)C2(C)Cc2ccc(OC)cc2)cc1. The van der Waals surface area contributed by atoms with Gasteiger partial charge < -0.3 is 26.7 Å². The molecule has 1 aliphatic heterocycles. The number of rotatable bonds is 6. The number of nitrogens with zero attached hydrogens (tertiary/aromatic N) is 1. The summed E-state index contributed by atoms with van der Waals surface area (Å²) < 4.78 is 10.5. The fourth-order valence-electron chi connectivity index (χ4n) is 3.99. The summed E-state index contributed by atoms with van der Waals surface area (Å²) in [5.41, 5.74) is 21.0. The van der Waals surface area contributed by atoms with Crippen LogP contribution in [0.2, 0.25) is 0 Å². The molecule has 0 saturated carbocycles. The first-order chi connectivity index (χ1) is 13.7. The zero-order valence-electron chi connectivity index (χ0n) is 17.5. The van der Waals surface area contributed by atoms with Crippen LogP contribution in [0.25, 0.3) is 0 Å². The van der Waals surface area contributed by atoms with Crippen molar-refractivity contribution in [3.8, 4) is 11.5 Å². The number of benzene rings is 2. The number of aliphatic imine (C=N–C) groups is 1. The van der Waals surface area contributed by atoms with Gasteiger partial charge in [-0.15, -0.1) is 0 Å². The smallest absolute Gasteiger partial charge is 0.144 e. The molecule has 29 heavy (non-hydrogen) atoms. The quantitative estimate of drug-likeness (QED) is 0.698. The Balaban J connectivity index is 2.00. The van der Waals surface area contributed by atoms with Gasteiger partial charge in [0.25, 0.3) is 0 Å². The lowest BCUT2D eigenvalue weighted by Crippen LogP contribution is -2.54. The monoisotopic (exact) mass is 394 g/mol. The molecule has 0 aromatic heterocycles. The van der Waals surface area contributed by atoms with Gasteiger partial charge in [-0.2, -0.15) is 0 Å². The normalized spacial score (nSPS) is 24.2. The van der Waals surface area contributed by atoms with E-state index in [1.807, 2.05) is 48.5 Å². The summed E-state index contributed by atoms with van der Waals surface area (Å²) in [5.74, 6) is 1.93. The van der Waals surface area contributed by atoms with Crippen LogP contribution in [-0.4, -0.2) is 25.6 Å². The molecule has 3 rings (SSSR count). The zero-order valence-corrected chi connectivity index (χ0v) is 17.5. The molecule has 6 heteroatoms. The zero-order chi connectivity index (χ0) is 21.2. The minimum Gasteiger partial charge on any atom is -0.497 e. The molecule has 6 N–H and O–H groups in total. The van der Waals surface area contributed by atoms with Crippen LogP contribution < -0.4 is 26.7 Å². The number of nitrogens with two attached hydrogens (primary N) is 3. The van der Waals surface area contributed by atoms with E-state index in [0.29, 0.717) is 30.1 Å². The first kappa shape index (κ1) is 20.6. The van der Waals surface area contributed by atoms with Gasteiger partial charge in [0.05, 0.1) is 25.5 Å². The van der Waals surface area contributed by atoms with Crippen molar-refractivity contribution in [2.75, 3.05) is 14.2 Å². The van der Waals surface area contributed by atoms with Crippen molar-refractivity contribution < 1.29 is 9.47 Å². The molecule has 0 aliphatic carbocycles. The van der Waals surface area contributed by atoms with Crippen molar-refractivity contribution in [3.63, 3.8) is 0 Å². The molecule has 1 aliphatic rings. The molecule has 2 aromatic carbocycles. The highest BCUT2D eigenvalue weighted by atomic mass is 16.5. The second-order valence-corrected chi connectivity index (χ2v) is 7.98. The van der Waals surface area contributed by atoms with Gasteiger partial charge in [-0.3, -0.25) is 4.99 Å². The maximum atomic E-state index is 6.58. The van der Waals surface area contributed by atoms with Crippen LogP contribution >= 0.6 is 0 Å². The second-order valence-electron chi connectivity index (χ2n) is 7.98. The number of amidine groups is 1. The largest absolute Gasteiger partial charge is 0.497 e. The number of ether oxygens (including phenoxy) is 2. The van der Waals surface area contributed by atoms with Gasteiger partial charge in [-0.05, 0) is 55.2 Å². The van der Waals surface area contributed by atoms with E-state index < -0.39 is 11.0 Å². The van der Waals surface area contributed by atoms with E-state index in [2.05, 4.69) is 13.8 Å². The molecule has 1 heterocycles. The Hall–Kier alpha value is -3.15. The fourth-order valence-corrected chi connectivity index (χ4v) is 3.99. The van der Waals surface area contributed by atoms with Crippen molar-refractivity contribution >= 4 is 5.84 Å². The number of hydrogen-bond donors (Lipinski definition) is 3. The molecular formula is C23H30N4O2. The minimum absolute atomic E-state index is 0.297. The average molecular weight is 395 g/mol.